The Morgan fingerprint density at radius 1 is 1.50 bits per heavy atom. The maximum atomic E-state index is 11.2. The normalized spacial score (nSPS) is 12.5. The first-order valence-electron chi connectivity index (χ1n) is 4.52. The molecule has 0 aliphatic carbocycles. The van der Waals surface area contributed by atoms with Gasteiger partial charge in [-0.15, -0.1) is 4.33 Å². The Morgan fingerprint density at radius 2 is 2.21 bits per heavy atom. The Labute approximate surface area is 87.8 Å². The van der Waals surface area contributed by atoms with Crippen molar-refractivity contribution in [3.63, 3.8) is 0 Å². The molecule has 6 heteroatoms. The smallest absolute Gasteiger partial charge is 0.321 e. The summed E-state index contributed by atoms with van der Waals surface area (Å²) in [5.74, 6) is -0.372. The Balaban J connectivity index is 3.42. The van der Waals surface area contributed by atoms with E-state index in [0.717, 1.165) is 19.3 Å². The third-order valence-electron chi connectivity index (χ3n) is 1.54. The highest BCUT2D eigenvalue weighted by Crippen LogP contribution is 2.13. The van der Waals surface area contributed by atoms with Crippen LogP contribution in [0.4, 0.5) is 0 Å². The van der Waals surface area contributed by atoms with Crippen LogP contribution in [0.2, 0.25) is 0 Å². The number of carbonyl (C=O) groups is 1. The molecule has 1 unspecified atom stereocenters. The fourth-order valence-corrected chi connectivity index (χ4v) is 1.06. The van der Waals surface area contributed by atoms with Gasteiger partial charge in [-0.1, -0.05) is 24.8 Å². The number of rotatable bonds is 8. The average molecular weight is 224 g/mol. The molecule has 0 heterocycles. The Bertz CT molecular complexity index is 153. The van der Waals surface area contributed by atoms with E-state index in [-0.39, 0.29) is 5.97 Å². The highest BCUT2D eigenvalue weighted by molar-refractivity contribution is 7.95. The molecule has 1 atom stereocenters. The van der Waals surface area contributed by atoms with Crippen molar-refractivity contribution in [3.05, 3.63) is 0 Å². The van der Waals surface area contributed by atoms with E-state index in [1.165, 1.54) is 0 Å². The molecule has 0 fully saturated rings. The Morgan fingerprint density at radius 3 is 2.79 bits per heavy atom. The summed E-state index contributed by atoms with van der Waals surface area (Å²) >= 11 is 0.702. The lowest BCUT2D eigenvalue weighted by atomic mass is 10.3. The minimum Gasteiger partial charge on any atom is -0.465 e. The fourth-order valence-electron chi connectivity index (χ4n) is 0.758. The van der Waals surface area contributed by atoms with Crippen molar-refractivity contribution in [3.8, 4) is 0 Å². The summed E-state index contributed by atoms with van der Waals surface area (Å²) in [5, 5.41) is 10.7. The van der Waals surface area contributed by atoms with E-state index in [4.69, 9.17) is 9.99 Å². The van der Waals surface area contributed by atoms with Crippen LogP contribution in [-0.2, 0) is 18.9 Å². The number of unbranched alkanes of at least 4 members (excludes halogenated alkanes) is 2. The molecular formula is C8H16O5S. The predicted octanol–water partition coefficient (Wildman–Crippen LogP) is 2.18. The van der Waals surface area contributed by atoms with Crippen molar-refractivity contribution in [1.82, 2.24) is 0 Å². The van der Waals surface area contributed by atoms with Crippen LogP contribution < -0.4 is 0 Å². The topological polar surface area (TPSA) is 65.0 Å². The molecule has 0 aromatic heterocycles. The van der Waals surface area contributed by atoms with Crippen molar-refractivity contribution < 1.29 is 24.2 Å². The van der Waals surface area contributed by atoms with Crippen molar-refractivity contribution >= 4 is 18.0 Å². The van der Waals surface area contributed by atoms with Gasteiger partial charge in [0.1, 0.15) is 5.25 Å². The van der Waals surface area contributed by atoms with E-state index in [1.54, 1.807) is 6.92 Å². The van der Waals surface area contributed by atoms with E-state index in [9.17, 15) is 4.79 Å². The van der Waals surface area contributed by atoms with Gasteiger partial charge in [-0.05, 0) is 13.3 Å². The molecule has 0 rings (SSSR count). The Kier molecular flexibility index (Phi) is 9.06. The van der Waals surface area contributed by atoms with E-state index in [0.29, 0.717) is 18.6 Å². The second kappa shape index (κ2) is 9.26. The van der Waals surface area contributed by atoms with Gasteiger partial charge in [0.05, 0.1) is 6.61 Å². The van der Waals surface area contributed by atoms with Crippen molar-refractivity contribution in [2.45, 2.75) is 38.4 Å². The minimum absolute atomic E-state index is 0.372. The lowest BCUT2D eigenvalue weighted by molar-refractivity contribution is -0.432. The van der Waals surface area contributed by atoms with Gasteiger partial charge in [0, 0.05) is 12.0 Å². The average Bonchev–Trinajstić information content (AvgIpc) is 2.20. The largest absolute Gasteiger partial charge is 0.465 e. The quantitative estimate of drug-likeness (QED) is 0.224. The summed E-state index contributed by atoms with van der Waals surface area (Å²) in [4.78, 5) is 11.2. The molecule has 0 bridgehead atoms. The first-order valence-corrected chi connectivity index (χ1v) is 5.33. The minimum atomic E-state index is -0.510. The van der Waals surface area contributed by atoms with Gasteiger partial charge in [-0.25, -0.2) is 5.26 Å². The molecule has 0 aromatic carbocycles. The van der Waals surface area contributed by atoms with Crippen LogP contribution >= 0.6 is 12.0 Å². The first kappa shape index (κ1) is 13.7. The summed E-state index contributed by atoms with van der Waals surface area (Å²) in [7, 11) is 0. The van der Waals surface area contributed by atoms with Crippen LogP contribution in [-0.4, -0.2) is 23.1 Å². The second-order valence-corrected chi connectivity index (χ2v) is 3.79. The molecule has 5 nitrogen and oxygen atoms in total. The van der Waals surface area contributed by atoms with Gasteiger partial charge in [0.2, 0.25) is 0 Å². The highest BCUT2D eigenvalue weighted by atomic mass is 32.2. The van der Waals surface area contributed by atoms with Crippen LogP contribution in [0.3, 0.4) is 0 Å². The zero-order chi connectivity index (χ0) is 10.8. The summed E-state index contributed by atoms with van der Waals surface area (Å²) in [6.45, 7) is 4.11. The number of ether oxygens (including phenoxy) is 1. The zero-order valence-corrected chi connectivity index (χ0v) is 9.21. The molecule has 0 aliphatic rings. The molecular weight excluding hydrogens is 208 g/mol. The van der Waals surface area contributed by atoms with Crippen molar-refractivity contribution in [1.29, 1.82) is 0 Å². The number of carbonyl (C=O) groups excluding carboxylic acids is 1. The Hall–Kier alpha value is -0.300. The molecule has 0 aromatic rings. The third-order valence-corrected chi connectivity index (χ3v) is 2.16. The molecule has 0 saturated carbocycles. The van der Waals surface area contributed by atoms with Crippen LogP contribution in [0.1, 0.15) is 33.1 Å². The number of hydrogen-bond acceptors (Lipinski definition) is 6. The summed E-state index contributed by atoms with van der Waals surface area (Å²) in [5.41, 5.74) is 0. The predicted molar refractivity (Wildman–Crippen MR) is 52.3 cm³/mol. The van der Waals surface area contributed by atoms with Gasteiger partial charge in [0.25, 0.3) is 0 Å². The summed E-state index contributed by atoms with van der Waals surface area (Å²) in [6.07, 6.45) is 3.01. The fraction of sp³-hybridized carbons (Fsp3) is 0.875. The highest BCUT2D eigenvalue weighted by Gasteiger charge is 2.16. The van der Waals surface area contributed by atoms with Crippen LogP contribution in [0.5, 0.6) is 0 Å². The van der Waals surface area contributed by atoms with Crippen molar-refractivity contribution in [2.24, 2.45) is 0 Å². The number of hydrogen-bond donors (Lipinski definition) is 1. The first-order chi connectivity index (χ1) is 6.72. The third kappa shape index (κ3) is 7.14. The van der Waals surface area contributed by atoms with Gasteiger partial charge in [-0.2, -0.15) is 0 Å². The number of esters is 1. The summed E-state index contributed by atoms with van der Waals surface area (Å²) in [6, 6.07) is 0. The lowest BCUT2D eigenvalue weighted by Gasteiger charge is -2.08. The SMILES string of the molecule is CCCCCOC(=O)C(C)SOOO. The monoisotopic (exact) mass is 224 g/mol. The van der Waals surface area contributed by atoms with E-state index < -0.39 is 5.25 Å². The second-order valence-electron chi connectivity index (χ2n) is 2.76. The van der Waals surface area contributed by atoms with E-state index in [2.05, 4.69) is 16.3 Å². The molecule has 1 N–H and O–H groups in total. The molecule has 0 saturated heterocycles. The van der Waals surface area contributed by atoms with E-state index >= 15 is 0 Å². The standard InChI is InChI=1S/C8H16O5S/c1-3-4-5-6-11-8(9)7(2)14-13-12-10/h7,10H,3-6H2,1-2H3. The van der Waals surface area contributed by atoms with E-state index in [1.807, 2.05) is 0 Å². The van der Waals surface area contributed by atoms with Crippen molar-refractivity contribution in [2.75, 3.05) is 6.61 Å². The molecule has 0 amide bonds. The molecule has 84 valence electrons. The zero-order valence-electron chi connectivity index (χ0n) is 8.39. The van der Waals surface area contributed by atoms with Gasteiger partial charge in [0.15, 0.2) is 0 Å². The van der Waals surface area contributed by atoms with Crippen LogP contribution in [0.25, 0.3) is 0 Å². The van der Waals surface area contributed by atoms with Crippen LogP contribution in [0.15, 0.2) is 0 Å². The molecule has 0 radical (unpaired) electrons. The maximum absolute atomic E-state index is 11.2. The molecule has 0 spiro atoms. The maximum Gasteiger partial charge on any atom is 0.321 e. The van der Waals surface area contributed by atoms with Gasteiger partial charge < -0.3 is 4.74 Å². The van der Waals surface area contributed by atoms with Gasteiger partial charge in [-0.3, -0.25) is 4.79 Å². The molecule has 14 heavy (non-hydrogen) atoms. The molecule has 0 aliphatic heterocycles. The lowest BCUT2D eigenvalue weighted by Crippen LogP contribution is -2.17. The van der Waals surface area contributed by atoms with Gasteiger partial charge >= 0.3 is 5.97 Å². The summed E-state index contributed by atoms with van der Waals surface area (Å²) < 4.78 is 9.04. The van der Waals surface area contributed by atoms with Crippen LogP contribution in [0, 0.1) is 0 Å².